The van der Waals surface area contributed by atoms with E-state index in [1.165, 1.54) is 10.8 Å². The molecule has 0 spiro atoms. The zero-order valence-electron chi connectivity index (χ0n) is 12.7. The van der Waals surface area contributed by atoms with E-state index in [9.17, 15) is 14.7 Å². The molecule has 2 heterocycles. The van der Waals surface area contributed by atoms with Crippen molar-refractivity contribution in [3.8, 4) is 6.07 Å². The summed E-state index contributed by atoms with van der Waals surface area (Å²) in [5.74, 6) is 0. The van der Waals surface area contributed by atoms with Crippen molar-refractivity contribution >= 4 is 6.08 Å². The molecular weight excluding hydrogens is 302 g/mol. The van der Waals surface area contributed by atoms with Gasteiger partial charge in [-0.3, -0.25) is 14.3 Å². The number of rotatable bonds is 5. The maximum absolute atomic E-state index is 12.0. The summed E-state index contributed by atoms with van der Waals surface area (Å²) < 4.78 is 6.63. The quantitative estimate of drug-likeness (QED) is 0.694. The zero-order valence-corrected chi connectivity index (χ0v) is 12.7. The highest BCUT2D eigenvalue weighted by molar-refractivity contribution is 5.50. The monoisotopic (exact) mass is 321 g/mol. The third kappa shape index (κ3) is 3.96. The van der Waals surface area contributed by atoms with Crippen molar-refractivity contribution in [1.29, 1.82) is 5.26 Å². The lowest BCUT2D eigenvalue weighted by Gasteiger charge is -2.14. The van der Waals surface area contributed by atoms with Crippen molar-refractivity contribution < 1.29 is 14.9 Å². The van der Waals surface area contributed by atoms with Crippen LogP contribution in [0.1, 0.15) is 38.0 Å². The molecule has 1 aliphatic heterocycles. The first-order valence-corrected chi connectivity index (χ1v) is 7.30. The van der Waals surface area contributed by atoms with Gasteiger partial charge < -0.3 is 14.9 Å². The summed E-state index contributed by atoms with van der Waals surface area (Å²) in [7, 11) is 0. The fourth-order valence-electron chi connectivity index (χ4n) is 2.46. The van der Waals surface area contributed by atoms with Crippen LogP contribution >= 0.6 is 0 Å². The molecule has 0 saturated carbocycles. The molecule has 124 valence electrons. The van der Waals surface area contributed by atoms with Crippen LogP contribution in [0.2, 0.25) is 0 Å². The Labute approximate surface area is 132 Å². The van der Waals surface area contributed by atoms with E-state index in [2.05, 4.69) is 4.98 Å². The van der Waals surface area contributed by atoms with Crippen molar-refractivity contribution in [2.75, 3.05) is 6.61 Å². The molecular formula is C15H19N3O5. The number of H-pyrrole nitrogens is 1. The van der Waals surface area contributed by atoms with E-state index in [1.54, 1.807) is 13.0 Å². The lowest BCUT2D eigenvalue weighted by molar-refractivity contribution is -0.0459. The molecule has 0 amide bonds. The number of hydrogen-bond donors (Lipinski definition) is 3. The highest BCUT2D eigenvalue weighted by Gasteiger charge is 2.35. The van der Waals surface area contributed by atoms with Gasteiger partial charge in [0.1, 0.15) is 12.3 Å². The minimum atomic E-state index is -0.875. The van der Waals surface area contributed by atoms with Gasteiger partial charge in [0.15, 0.2) is 0 Å². The number of nitrogens with one attached hydrogen (secondary N) is 1. The minimum absolute atomic E-state index is 0.147. The molecule has 8 heteroatoms. The van der Waals surface area contributed by atoms with E-state index < -0.39 is 29.7 Å². The molecule has 3 N–H and O–H groups in total. The predicted octanol–water partition coefficient (Wildman–Crippen LogP) is -0.116. The number of aromatic amines is 1. The van der Waals surface area contributed by atoms with E-state index >= 15 is 0 Å². The van der Waals surface area contributed by atoms with Gasteiger partial charge >= 0.3 is 5.69 Å². The first-order valence-electron chi connectivity index (χ1n) is 7.30. The number of allylic oxidation sites excluding steroid dienone is 1. The maximum Gasteiger partial charge on any atom is 0.330 e. The average molecular weight is 321 g/mol. The second-order valence-electron chi connectivity index (χ2n) is 5.51. The summed E-state index contributed by atoms with van der Waals surface area (Å²) in [5, 5.41) is 27.4. The molecule has 3 atom stereocenters. The largest absolute Gasteiger partial charge is 0.394 e. The Morgan fingerprint density at radius 1 is 1.61 bits per heavy atom. The van der Waals surface area contributed by atoms with Crippen LogP contribution in [0.4, 0.5) is 0 Å². The molecule has 1 fully saturated rings. The lowest BCUT2D eigenvalue weighted by atomic mass is 10.1. The molecule has 0 aromatic carbocycles. The second-order valence-corrected chi connectivity index (χ2v) is 5.51. The van der Waals surface area contributed by atoms with Crippen LogP contribution in [0.5, 0.6) is 0 Å². The Kier molecular flexibility index (Phi) is 5.50. The number of aliphatic hydroxyl groups excluding tert-OH is 2. The molecule has 0 unspecified atom stereocenters. The van der Waals surface area contributed by atoms with Gasteiger partial charge in [-0.1, -0.05) is 5.57 Å². The molecule has 23 heavy (non-hydrogen) atoms. The summed E-state index contributed by atoms with van der Waals surface area (Å²) in [5.41, 5.74) is -0.0640. The Bertz CT molecular complexity index is 743. The standard InChI is InChI=1S/C15H19N3O5/c1-9(3-2-4-16)5-10-7-18(15(22)17-14(10)21)13-6-11(20)12(8-19)23-13/h5,7,11-13,19-20H,2-3,6,8H2,1H3,(H,17,21,22)/b9-5+/t11-,12+,13+/m0/s1. The molecule has 2 rings (SSSR count). The smallest absolute Gasteiger partial charge is 0.330 e. The molecule has 1 aliphatic rings. The first-order chi connectivity index (χ1) is 11.0. The summed E-state index contributed by atoms with van der Waals surface area (Å²) in [4.78, 5) is 26.1. The van der Waals surface area contributed by atoms with E-state index in [1.807, 2.05) is 6.07 Å². The second kappa shape index (κ2) is 7.37. The average Bonchev–Trinajstić information content (AvgIpc) is 2.88. The number of ether oxygens (including phenoxy) is 1. The van der Waals surface area contributed by atoms with Crippen LogP contribution in [-0.4, -0.2) is 38.6 Å². The van der Waals surface area contributed by atoms with Crippen molar-refractivity contribution in [2.45, 2.75) is 44.6 Å². The van der Waals surface area contributed by atoms with Crippen LogP contribution in [0.15, 0.2) is 21.4 Å². The zero-order chi connectivity index (χ0) is 17.0. The molecule has 0 bridgehead atoms. The number of aliphatic hydroxyl groups is 2. The molecule has 0 radical (unpaired) electrons. The normalized spacial score (nSPS) is 24.6. The van der Waals surface area contributed by atoms with Gasteiger partial charge in [-0.05, 0) is 19.4 Å². The minimum Gasteiger partial charge on any atom is -0.394 e. The van der Waals surface area contributed by atoms with Gasteiger partial charge in [0, 0.05) is 19.0 Å². The summed E-state index contributed by atoms with van der Waals surface area (Å²) in [6, 6.07) is 2.03. The fourth-order valence-corrected chi connectivity index (χ4v) is 2.46. The van der Waals surface area contributed by atoms with Crippen LogP contribution in [-0.2, 0) is 4.74 Å². The van der Waals surface area contributed by atoms with E-state index in [0.29, 0.717) is 12.8 Å². The summed E-state index contributed by atoms with van der Waals surface area (Å²) >= 11 is 0. The number of nitriles is 1. The van der Waals surface area contributed by atoms with E-state index in [0.717, 1.165) is 5.57 Å². The maximum atomic E-state index is 12.0. The lowest BCUT2D eigenvalue weighted by Crippen LogP contribution is -2.33. The van der Waals surface area contributed by atoms with Gasteiger partial charge in [-0.25, -0.2) is 4.79 Å². The van der Waals surface area contributed by atoms with Gasteiger partial charge in [0.05, 0.1) is 24.3 Å². The van der Waals surface area contributed by atoms with Crippen molar-refractivity contribution in [3.63, 3.8) is 0 Å². The highest BCUT2D eigenvalue weighted by Crippen LogP contribution is 2.27. The van der Waals surface area contributed by atoms with Crippen molar-refractivity contribution in [3.05, 3.63) is 38.2 Å². The Morgan fingerprint density at radius 3 is 2.96 bits per heavy atom. The molecule has 1 aromatic heterocycles. The number of hydrogen-bond acceptors (Lipinski definition) is 6. The number of aromatic nitrogens is 2. The fraction of sp³-hybridized carbons (Fsp3) is 0.533. The third-order valence-corrected chi connectivity index (χ3v) is 3.72. The SMILES string of the molecule is C/C(=C\c1cn([C@H]2C[C@H](O)[C@@H](CO)O2)c(=O)[nH]c1=O)CCC#N. The van der Waals surface area contributed by atoms with Gasteiger partial charge in [0.25, 0.3) is 5.56 Å². The predicted molar refractivity (Wildman–Crippen MR) is 81.4 cm³/mol. The van der Waals surface area contributed by atoms with Crippen LogP contribution in [0.25, 0.3) is 6.08 Å². The van der Waals surface area contributed by atoms with Crippen LogP contribution < -0.4 is 11.2 Å². The van der Waals surface area contributed by atoms with Gasteiger partial charge in [-0.2, -0.15) is 5.26 Å². The molecule has 8 nitrogen and oxygen atoms in total. The van der Waals surface area contributed by atoms with Crippen molar-refractivity contribution in [2.24, 2.45) is 0 Å². The third-order valence-electron chi connectivity index (χ3n) is 3.72. The van der Waals surface area contributed by atoms with E-state index in [-0.39, 0.29) is 18.6 Å². The van der Waals surface area contributed by atoms with E-state index in [4.69, 9.17) is 15.1 Å². The molecule has 1 aromatic rings. The number of nitrogens with zero attached hydrogens (tertiary/aromatic N) is 2. The van der Waals surface area contributed by atoms with Gasteiger partial charge in [-0.15, -0.1) is 0 Å². The van der Waals surface area contributed by atoms with Crippen LogP contribution in [0.3, 0.4) is 0 Å². The highest BCUT2D eigenvalue weighted by atomic mass is 16.5. The Hall–Kier alpha value is -2.21. The Balaban J connectivity index is 2.32. The summed E-state index contributed by atoms with van der Waals surface area (Å²) in [6.45, 7) is 1.44. The topological polar surface area (TPSA) is 128 Å². The first kappa shape index (κ1) is 17.1. The molecule has 1 saturated heterocycles. The Morgan fingerprint density at radius 2 is 2.35 bits per heavy atom. The van der Waals surface area contributed by atoms with Gasteiger partial charge in [0.2, 0.25) is 0 Å². The van der Waals surface area contributed by atoms with Crippen LogP contribution in [0, 0.1) is 11.3 Å². The molecule has 0 aliphatic carbocycles. The van der Waals surface area contributed by atoms with Crippen molar-refractivity contribution in [1.82, 2.24) is 9.55 Å². The summed E-state index contributed by atoms with van der Waals surface area (Å²) in [6.07, 6.45) is 1.62.